The van der Waals surface area contributed by atoms with Crippen molar-refractivity contribution in [3.05, 3.63) is 59.5 Å². The molecule has 7 heteroatoms. The molecule has 1 aromatic heterocycles. The van der Waals surface area contributed by atoms with E-state index in [1.54, 1.807) is 12.1 Å². The Morgan fingerprint density at radius 1 is 1.04 bits per heavy atom. The van der Waals surface area contributed by atoms with Gasteiger partial charge in [-0.2, -0.15) is 0 Å². The Labute approximate surface area is 164 Å². The summed E-state index contributed by atoms with van der Waals surface area (Å²) in [6.07, 6.45) is 1.83. The van der Waals surface area contributed by atoms with E-state index in [2.05, 4.69) is 16.8 Å². The van der Waals surface area contributed by atoms with E-state index in [0.717, 1.165) is 43.4 Å². The average Bonchev–Trinajstić information content (AvgIpc) is 2.78. The maximum Gasteiger partial charge on any atom is 0.206 e. The predicted octanol–water partition coefficient (Wildman–Crippen LogP) is 3.74. The summed E-state index contributed by atoms with van der Waals surface area (Å²) < 4.78 is 41.4. The van der Waals surface area contributed by atoms with E-state index in [0.29, 0.717) is 0 Å². The predicted molar refractivity (Wildman–Crippen MR) is 107 cm³/mol. The lowest BCUT2D eigenvalue weighted by atomic mass is 10.1. The number of hydrogen-bond acceptors (Lipinski definition) is 3. The minimum Gasteiger partial charge on any atom is -0.345 e. The Bertz CT molecular complexity index is 1080. The molecule has 0 radical (unpaired) electrons. The summed E-state index contributed by atoms with van der Waals surface area (Å²) in [6.45, 7) is 4.80. The van der Waals surface area contributed by atoms with Gasteiger partial charge in [-0.1, -0.05) is 0 Å². The molecule has 4 nitrogen and oxygen atoms in total. The maximum absolute atomic E-state index is 13.2. The van der Waals surface area contributed by atoms with Crippen molar-refractivity contribution in [2.24, 2.45) is 0 Å². The van der Waals surface area contributed by atoms with Crippen molar-refractivity contribution in [2.75, 3.05) is 13.1 Å². The lowest BCUT2D eigenvalue weighted by molar-refractivity contribution is 0.595. The number of aryl methyl sites for hydroxylation is 1. The highest BCUT2D eigenvalue weighted by Gasteiger charge is 2.22. The number of nitrogens with zero attached hydrogens (tertiary/aromatic N) is 1. The minimum atomic E-state index is -3.67. The van der Waals surface area contributed by atoms with Crippen molar-refractivity contribution in [3.8, 4) is 0 Å². The van der Waals surface area contributed by atoms with E-state index < -0.39 is 15.7 Å². The molecule has 0 saturated heterocycles. The zero-order valence-electron chi connectivity index (χ0n) is 15.0. The fourth-order valence-corrected chi connectivity index (χ4v) is 5.13. The van der Waals surface area contributed by atoms with E-state index in [-0.39, 0.29) is 22.2 Å². The van der Waals surface area contributed by atoms with Gasteiger partial charge >= 0.3 is 0 Å². The second-order valence-electron chi connectivity index (χ2n) is 6.56. The number of rotatable bonds is 3. The van der Waals surface area contributed by atoms with Gasteiger partial charge in [-0.15, -0.1) is 12.4 Å². The third-order valence-corrected chi connectivity index (χ3v) is 6.87. The molecule has 1 aliphatic rings. The summed E-state index contributed by atoms with van der Waals surface area (Å²) in [5, 5.41) is 4.41. The molecule has 0 aliphatic carbocycles. The highest BCUT2D eigenvalue weighted by molar-refractivity contribution is 7.91. The zero-order valence-corrected chi connectivity index (χ0v) is 16.7. The van der Waals surface area contributed by atoms with Crippen LogP contribution in [-0.2, 0) is 29.2 Å². The summed E-state index contributed by atoms with van der Waals surface area (Å²) in [5.74, 6) is -0.447. The summed E-state index contributed by atoms with van der Waals surface area (Å²) in [5.41, 5.74) is 3.62. The topological polar surface area (TPSA) is 51.1 Å². The highest BCUT2D eigenvalue weighted by Crippen LogP contribution is 2.32. The van der Waals surface area contributed by atoms with Crippen LogP contribution in [0.1, 0.15) is 18.2 Å². The molecule has 0 amide bonds. The molecule has 3 aromatic rings. The molecule has 0 unspecified atom stereocenters. The molecule has 0 atom stereocenters. The van der Waals surface area contributed by atoms with Gasteiger partial charge in [0.1, 0.15) is 5.82 Å². The van der Waals surface area contributed by atoms with Gasteiger partial charge in [0.2, 0.25) is 9.84 Å². The number of halogens is 2. The van der Waals surface area contributed by atoms with Crippen molar-refractivity contribution < 1.29 is 12.8 Å². The summed E-state index contributed by atoms with van der Waals surface area (Å²) in [6, 6.07) is 10.3. The third kappa shape index (κ3) is 3.37. The van der Waals surface area contributed by atoms with Crippen LogP contribution in [0.2, 0.25) is 0 Å². The van der Waals surface area contributed by atoms with E-state index in [9.17, 15) is 12.8 Å². The first-order valence-electron chi connectivity index (χ1n) is 8.87. The second-order valence-corrected chi connectivity index (χ2v) is 8.51. The van der Waals surface area contributed by atoms with Gasteiger partial charge in [-0.05, 0) is 67.9 Å². The third-order valence-electron chi connectivity index (χ3n) is 5.10. The lowest BCUT2D eigenvalue weighted by Crippen LogP contribution is -2.17. The summed E-state index contributed by atoms with van der Waals surface area (Å²) in [4.78, 5) is 0.366. The largest absolute Gasteiger partial charge is 0.345 e. The van der Waals surface area contributed by atoms with Crippen molar-refractivity contribution in [1.82, 2.24) is 9.88 Å². The van der Waals surface area contributed by atoms with Gasteiger partial charge in [-0.3, -0.25) is 0 Å². The van der Waals surface area contributed by atoms with E-state index in [4.69, 9.17) is 0 Å². The van der Waals surface area contributed by atoms with Crippen LogP contribution in [0.4, 0.5) is 4.39 Å². The number of sulfone groups is 1. The van der Waals surface area contributed by atoms with E-state index in [1.165, 1.54) is 35.5 Å². The van der Waals surface area contributed by atoms with Crippen LogP contribution in [-0.4, -0.2) is 26.1 Å². The van der Waals surface area contributed by atoms with Crippen LogP contribution in [0, 0.1) is 5.82 Å². The molecule has 1 aliphatic heterocycles. The van der Waals surface area contributed by atoms with Crippen LogP contribution >= 0.6 is 12.4 Å². The fourth-order valence-electron chi connectivity index (χ4n) is 3.84. The molecule has 2 heterocycles. The maximum atomic E-state index is 13.2. The van der Waals surface area contributed by atoms with Crippen molar-refractivity contribution in [1.29, 1.82) is 0 Å². The lowest BCUT2D eigenvalue weighted by Gasteiger charge is -2.08. The summed E-state index contributed by atoms with van der Waals surface area (Å²) in [7, 11) is -3.67. The van der Waals surface area contributed by atoms with Crippen molar-refractivity contribution in [2.45, 2.75) is 36.1 Å². The Morgan fingerprint density at radius 3 is 2.41 bits per heavy atom. The molecule has 1 N–H and O–H groups in total. The van der Waals surface area contributed by atoms with Gasteiger partial charge in [0.25, 0.3) is 0 Å². The van der Waals surface area contributed by atoms with E-state index in [1.807, 2.05) is 6.07 Å². The smallest absolute Gasteiger partial charge is 0.206 e. The molecule has 0 bridgehead atoms. The minimum absolute atomic E-state index is 0. The quantitative estimate of drug-likeness (QED) is 0.671. The van der Waals surface area contributed by atoms with Gasteiger partial charge in [0, 0.05) is 36.1 Å². The van der Waals surface area contributed by atoms with Crippen LogP contribution in [0.15, 0.2) is 52.3 Å². The Balaban J connectivity index is 0.00000210. The SMILES string of the molecule is CCn1c2c(c3cc(S(=O)(=O)c4ccc(F)cc4)ccc31)CCNCC2.Cl. The molecule has 144 valence electrons. The molecule has 0 saturated carbocycles. The van der Waals surface area contributed by atoms with Crippen LogP contribution in [0.25, 0.3) is 10.9 Å². The normalized spacial score (nSPS) is 14.4. The highest BCUT2D eigenvalue weighted by atomic mass is 35.5. The Morgan fingerprint density at radius 2 is 1.70 bits per heavy atom. The average molecular weight is 409 g/mol. The van der Waals surface area contributed by atoms with Gasteiger partial charge in [0.05, 0.1) is 9.79 Å². The van der Waals surface area contributed by atoms with Crippen molar-refractivity contribution in [3.63, 3.8) is 0 Å². The molecule has 4 rings (SSSR count). The second kappa shape index (κ2) is 7.62. The van der Waals surface area contributed by atoms with Crippen LogP contribution in [0.3, 0.4) is 0 Å². The van der Waals surface area contributed by atoms with Crippen LogP contribution in [0.5, 0.6) is 0 Å². The van der Waals surface area contributed by atoms with Crippen LogP contribution < -0.4 is 5.32 Å². The molecule has 0 fully saturated rings. The first-order chi connectivity index (χ1) is 12.5. The zero-order chi connectivity index (χ0) is 18.3. The number of aromatic nitrogens is 1. The molecule has 0 spiro atoms. The number of hydrogen-bond donors (Lipinski definition) is 1. The summed E-state index contributed by atoms with van der Waals surface area (Å²) >= 11 is 0. The van der Waals surface area contributed by atoms with E-state index >= 15 is 0 Å². The van der Waals surface area contributed by atoms with Crippen molar-refractivity contribution >= 4 is 33.1 Å². The molecular formula is C20H22ClFN2O2S. The number of fused-ring (bicyclic) bond motifs is 3. The number of benzene rings is 2. The van der Waals surface area contributed by atoms with Gasteiger partial charge in [0.15, 0.2) is 0 Å². The molecule has 2 aromatic carbocycles. The van der Waals surface area contributed by atoms with Gasteiger partial charge in [-0.25, -0.2) is 12.8 Å². The molecule has 27 heavy (non-hydrogen) atoms. The monoisotopic (exact) mass is 408 g/mol. The Kier molecular flexibility index (Phi) is 5.60. The first kappa shape index (κ1) is 19.9. The Hall–Kier alpha value is -1.89. The standard InChI is InChI=1S/C20H21FN2O2S.ClH/c1-2-23-19-8-7-16(26(24,25)15-5-3-14(21)4-6-15)13-18(19)17-9-11-22-12-10-20(17)23;/h3-8,13,22H,2,9-12H2,1H3;1H. The fraction of sp³-hybridized carbons (Fsp3) is 0.300. The van der Waals surface area contributed by atoms with Gasteiger partial charge < -0.3 is 9.88 Å². The first-order valence-corrected chi connectivity index (χ1v) is 10.4. The number of nitrogens with one attached hydrogen (secondary N) is 1. The molecular weight excluding hydrogens is 387 g/mol.